The zero-order valence-corrected chi connectivity index (χ0v) is 18.4. The second-order valence-electron chi connectivity index (χ2n) is 7.35. The molecule has 1 amide bonds. The van der Waals surface area contributed by atoms with E-state index in [1.165, 1.54) is 0 Å². The van der Waals surface area contributed by atoms with Crippen molar-refractivity contribution >= 4 is 28.0 Å². The third-order valence-corrected chi connectivity index (χ3v) is 6.03. The second kappa shape index (κ2) is 9.14. The molecule has 6 nitrogen and oxygen atoms in total. The standard InChI is InChI=1S/C24H25N5OS/c1-4-11-25-23(30)20-15-29-14-18(21-13-26-24(31-21)27-16(3)5-2)12-19(22(29)28-20)17-9-7-6-8-10-17/h4,6-10,12-16H,1,5,11H2,2-3H3,(H,25,30)(H,26,27). The van der Waals surface area contributed by atoms with E-state index in [1.54, 1.807) is 23.6 Å². The molecule has 0 bridgehead atoms. The van der Waals surface area contributed by atoms with E-state index in [4.69, 9.17) is 0 Å². The molecule has 7 heteroatoms. The smallest absolute Gasteiger partial charge is 0.271 e. The van der Waals surface area contributed by atoms with Gasteiger partial charge in [-0.3, -0.25) is 4.79 Å². The van der Waals surface area contributed by atoms with Crippen LogP contribution in [-0.2, 0) is 0 Å². The molecular weight excluding hydrogens is 406 g/mol. The summed E-state index contributed by atoms with van der Waals surface area (Å²) in [5.74, 6) is -0.220. The lowest BCUT2D eigenvalue weighted by molar-refractivity contribution is 0.0953. The highest BCUT2D eigenvalue weighted by molar-refractivity contribution is 7.18. The van der Waals surface area contributed by atoms with Crippen LogP contribution in [-0.4, -0.2) is 32.9 Å². The highest BCUT2D eigenvalue weighted by Gasteiger charge is 2.16. The van der Waals surface area contributed by atoms with Gasteiger partial charge in [0.1, 0.15) is 11.3 Å². The van der Waals surface area contributed by atoms with Gasteiger partial charge in [-0.15, -0.1) is 6.58 Å². The molecule has 0 radical (unpaired) electrons. The third-order valence-electron chi connectivity index (χ3n) is 5.05. The maximum atomic E-state index is 12.5. The number of amides is 1. The number of thiazole rings is 1. The topological polar surface area (TPSA) is 71.3 Å². The van der Waals surface area contributed by atoms with Gasteiger partial charge in [0.05, 0.1) is 4.88 Å². The van der Waals surface area contributed by atoms with E-state index >= 15 is 0 Å². The maximum absolute atomic E-state index is 12.5. The maximum Gasteiger partial charge on any atom is 0.271 e. The lowest BCUT2D eigenvalue weighted by Crippen LogP contribution is -2.23. The van der Waals surface area contributed by atoms with Crippen molar-refractivity contribution in [1.29, 1.82) is 0 Å². The summed E-state index contributed by atoms with van der Waals surface area (Å²) in [6.45, 7) is 8.33. The van der Waals surface area contributed by atoms with Crippen LogP contribution in [0.25, 0.3) is 27.2 Å². The monoisotopic (exact) mass is 431 g/mol. The number of pyridine rings is 1. The van der Waals surface area contributed by atoms with Crippen LogP contribution in [0.1, 0.15) is 30.8 Å². The average molecular weight is 432 g/mol. The van der Waals surface area contributed by atoms with E-state index in [0.717, 1.165) is 38.8 Å². The number of anilines is 1. The highest BCUT2D eigenvalue weighted by Crippen LogP contribution is 2.34. The van der Waals surface area contributed by atoms with Gasteiger partial charge in [0.25, 0.3) is 5.91 Å². The third kappa shape index (κ3) is 4.51. The van der Waals surface area contributed by atoms with E-state index in [9.17, 15) is 4.79 Å². The second-order valence-corrected chi connectivity index (χ2v) is 8.38. The Morgan fingerprint density at radius 2 is 2.06 bits per heavy atom. The molecule has 0 saturated heterocycles. The first-order chi connectivity index (χ1) is 15.1. The van der Waals surface area contributed by atoms with Gasteiger partial charge in [0.15, 0.2) is 5.13 Å². The van der Waals surface area contributed by atoms with Crippen molar-refractivity contribution in [2.75, 3.05) is 11.9 Å². The summed E-state index contributed by atoms with van der Waals surface area (Å²) in [4.78, 5) is 22.7. The van der Waals surface area contributed by atoms with Gasteiger partial charge >= 0.3 is 0 Å². The van der Waals surface area contributed by atoms with E-state index in [-0.39, 0.29) is 5.91 Å². The van der Waals surface area contributed by atoms with Crippen LogP contribution < -0.4 is 10.6 Å². The van der Waals surface area contributed by atoms with Crippen molar-refractivity contribution in [2.45, 2.75) is 26.3 Å². The fourth-order valence-electron chi connectivity index (χ4n) is 3.22. The Hall–Kier alpha value is -3.45. The normalized spacial score (nSPS) is 11.9. The lowest BCUT2D eigenvalue weighted by Gasteiger charge is -2.09. The minimum atomic E-state index is -0.220. The van der Waals surface area contributed by atoms with Crippen LogP contribution in [0.4, 0.5) is 5.13 Å². The zero-order chi connectivity index (χ0) is 21.8. The summed E-state index contributed by atoms with van der Waals surface area (Å²) >= 11 is 1.62. The minimum Gasteiger partial charge on any atom is -0.359 e. The summed E-state index contributed by atoms with van der Waals surface area (Å²) < 4.78 is 1.92. The summed E-state index contributed by atoms with van der Waals surface area (Å²) in [6.07, 6.45) is 8.34. The Labute approximate surface area is 185 Å². The summed E-state index contributed by atoms with van der Waals surface area (Å²) in [7, 11) is 0. The number of nitrogens with zero attached hydrogens (tertiary/aromatic N) is 3. The number of carbonyl (C=O) groups is 1. The summed E-state index contributed by atoms with van der Waals surface area (Å²) in [5, 5.41) is 7.13. The summed E-state index contributed by atoms with van der Waals surface area (Å²) in [5.41, 5.74) is 4.14. The number of nitrogens with one attached hydrogen (secondary N) is 2. The van der Waals surface area contributed by atoms with Crippen LogP contribution in [0.3, 0.4) is 0 Å². The fourth-order valence-corrected chi connectivity index (χ4v) is 4.12. The van der Waals surface area contributed by atoms with Crippen LogP contribution >= 0.6 is 11.3 Å². The van der Waals surface area contributed by atoms with Gasteiger partial charge in [0, 0.05) is 42.3 Å². The number of benzene rings is 1. The predicted octanol–water partition coefficient (Wildman–Crippen LogP) is 5.25. The average Bonchev–Trinajstić information content (AvgIpc) is 3.44. The Morgan fingerprint density at radius 1 is 1.26 bits per heavy atom. The number of hydrogen-bond acceptors (Lipinski definition) is 5. The van der Waals surface area contributed by atoms with Crippen molar-refractivity contribution < 1.29 is 4.79 Å². The molecule has 0 spiro atoms. The number of rotatable bonds is 8. The quantitative estimate of drug-likeness (QED) is 0.374. The van der Waals surface area contributed by atoms with Crippen molar-refractivity contribution in [1.82, 2.24) is 19.7 Å². The van der Waals surface area contributed by atoms with Crippen LogP contribution in [0.15, 0.2) is 67.6 Å². The molecule has 158 valence electrons. The van der Waals surface area contributed by atoms with E-state index in [0.29, 0.717) is 18.3 Å². The SMILES string of the molecule is C=CCNC(=O)c1cn2cc(-c3cnc(NC(C)CC)s3)cc(-c3ccccc3)c2n1. The molecule has 4 aromatic rings. The molecule has 0 fully saturated rings. The molecule has 1 unspecified atom stereocenters. The Bertz CT molecular complexity index is 1210. The predicted molar refractivity (Wildman–Crippen MR) is 128 cm³/mol. The van der Waals surface area contributed by atoms with Gasteiger partial charge in [-0.1, -0.05) is 54.7 Å². The molecule has 31 heavy (non-hydrogen) atoms. The first-order valence-electron chi connectivity index (χ1n) is 10.3. The fraction of sp³-hybridized carbons (Fsp3) is 0.208. The van der Waals surface area contributed by atoms with Gasteiger partial charge < -0.3 is 15.0 Å². The molecule has 0 aliphatic heterocycles. The van der Waals surface area contributed by atoms with Crippen LogP contribution in [0.5, 0.6) is 0 Å². The molecule has 0 aliphatic rings. The number of aromatic nitrogens is 3. The number of hydrogen-bond donors (Lipinski definition) is 2. The van der Waals surface area contributed by atoms with Crippen LogP contribution in [0, 0.1) is 0 Å². The molecule has 3 heterocycles. The molecular formula is C24H25N5OS. The molecule has 4 rings (SSSR count). The van der Waals surface area contributed by atoms with E-state index in [2.05, 4.69) is 47.1 Å². The van der Waals surface area contributed by atoms with Gasteiger partial charge in [0.2, 0.25) is 0 Å². The molecule has 3 aromatic heterocycles. The summed E-state index contributed by atoms with van der Waals surface area (Å²) in [6, 6.07) is 12.6. The molecule has 0 saturated carbocycles. The Balaban J connectivity index is 1.80. The number of carbonyl (C=O) groups excluding carboxylic acids is 1. The highest BCUT2D eigenvalue weighted by atomic mass is 32.1. The molecule has 2 N–H and O–H groups in total. The number of fused-ring (bicyclic) bond motifs is 1. The number of imidazole rings is 1. The largest absolute Gasteiger partial charge is 0.359 e. The lowest BCUT2D eigenvalue weighted by atomic mass is 10.0. The zero-order valence-electron chi connectivity index (χ0n) is 17.6. The Kier molecular flexibility index (Phi) is 6.13. The molecule has 1 atom stereocenters. The Morgan fingerprint density at radius 3 is 2.81 bits per heavy atom. The van der Waals surface area contributed by atoms with Crippen molar-refractivity contribution in [3.05, 3.63) is 73.3 Å². The van der Waals surface area contributed by atoms with Gasteiger partial charge in [-0.25, -0.2) is 9.97 Å². The minimum absolute atomic E-state index is 0.220. The first kappa shape index (κ1) is 20.8. The van der Waals surface area contributed by atoms with Gasteiger partial charge in [-0.2, -0.15) is 0 Å². The molecule has 0 aliphatic carbocycles. The van der Waals surface area contributed by atoms with Crippen LogP contribution in [0.2, 0.25) is 0 Å². The van der Waals surface area contributed by atoms with Gasteiger partial charge in [-0.05, 0) is 25.0 Å². The first-order valence-corrected chi connectivity index (χ1v) is 11.1. The molecule has 1 aromatic carbocycles. The van der Waals surface area contributed by atoms with Crippen molar-refractivity contribution in [2.24, 2.45) is 0 Å². The van der Waals surface area contributed by atoms with Crippen molar-refractivity contribution in [3.63, 3.8) is 0 Å². The van der Waals surface area contributed by atoms with E-state index < -0.39 is 0 Å². The van der Waals surface area contributed by atoms with Crippen molar-refractivity contribution in [3.8, 4) is 21.6 Å². The van der Waals surface area contributed by atoms with E-state index in [1.807, 2.05) is 47.1 Å².